The van der Waals surface area contributed by atoms with Crippen molar-refractivity contribution in [3.05, 3.63) is 35.9 Å². The summed E-state index contributed by atoms with van der Waals surface area (Å²) in [6.07, 6.45) is 3.69. The predicted octanol–water partition coefficient (Wildman–Crippen LogP) is 3.31. The zero-order valence-corrected chi connectivity index (χ0v) is 16.2. The topological polar surface area (TPSA) is 35.6 Å². The maximum absolute atomic E-state index is 12.8. The number of rotatable bonds is 9. The van der Waals surface area contributed by atoms with Gasteiger partial charge < -0.3 is 10.2 Å². The second kappa shape index (κ2) is 10.6. The Hall–Kier alpha value is -1.39. The molecule has 1 heterocycles. The van der Waals surface area contributed by atoms with E-state index in [0.717, 1.165) is 44.1 Å². The van der Waals surface area contributed by atoms with Crippen molar-refractivity contribution in [1.82, 2.24) is 15.1 Å². The lowest BCUT2D eigenvalue weighted by Crippen LogP contribution is -2.42. The van der Waals surface area contributed by atoms with E-state index in [9.17, 15) is 4.79 Å². The van der Waals surface area contributed by atoms with E-state index >= 15 is 0 Å². The average molecular weight is 346 g/mol. The molecule has 1 aromatic rings. The molecule has 0 aliphatic carbocycles. The average Bonchev–Trinajstić information content (AvgIpc) is 2.63. The molecule has 1 saturated heterocycles. The van der Waals surface area contributed by atoms with E-state index in [0.29, 0.717) is 0 Å². The third kappa shape index (κ3) is 6.12. The summed E-state index contributed by atoms with van der Waals surface area (Å²) in [6.45, 7) is 12.6. The smallest absolute Gasteiger partial charge is 0.241 e. The van der Waals surface area contributed by atoms with E-state index in [4.69, 9.17) is 0 Å². The summed E-state index contributed by atoms with van der Waals surface area (Å²) in [5.41, 5.74) is 1.08. The van der Waals surface area contributed by atoms with E-state index < -0.39 is 0 Å². The molecule has 2 unspecified atom stereocenters. The Morgan fingerprint density at radius 3 is 2.64 bits per heavy atom. The third-order valence-electron chi connectivity index (χ3n) is 5.23. The van der Waals surface area contributed by atoms with E-state index in [1.165, 1.54) is 25.9 Å². The fourth-order valence-corrected chi connectivity index (χ4v) is 3.85. The monoisotopic (exact) mass is 345 g/mol. The molecule has 4 nitrogen and oxygen atoms in total. The third-order valence-corrected chi connectivity index (χ3v) is 5.23. The number of hydrogen-bond acceptors (Lipinski definition) is 3. The number of likely N-dealkylation sites (N-methyl/N-ethyl adjacent to an activating group) is 1. The summed E-state index contributed by atoms with van der Waals surface area (Å²) in [6, 6.07) is 9.94. The summed E-state index contributed by atoms with van der Waals surface area (Å²) in [4.78, 5) is 17.6. The van der Waals surface area contributed by atoms with E-state index in [1.807, 2.05) is 18.2 Å². The molecule has 1 aromatic carbocycles. The zero-order chi connectivity index (χ0) is 18.1. The minimum Gasteiger partial charge on any atom is -0.354 e. The van der Waals surface area contributed by atoms with Crippen molar-refractivity contribution < 1.29 is 4.79 Å². The molecule has 0 spiro atoms. The second-order valence-corrected chi connectivity index (χ2v) is 7.23. The number of nitrogens with zero attached hydrogens (tertiary/aromatic N) is 2. The molecule has 2 rings (SSSR count). The summed E-state index contributed by atoms with van der Waals surface area (Å²) >= 11 is 0. The molecular weight excluding hydrogens is 310 g/mol. The van der Waals surface area contributed by atoms with Gasteiger partial charge in [-0.1, -0.05) is 51.1 Å². The van der Waals surface area contributed by atoms with Crippen molar-refractivity contribution in [3.8, 4) is 0 Å². The fraction of sp³-hybridized carbons (Fsp3) is 0.667. The first-order chi connectivity index (χ1) is 12.2. The van der Waals surface area contributed by atoms with E-state index in [1.54, 1.807) is 0 Å². The highest BCUT2D eigenvalue weighted by Crippen LogP contribution is 2.20. The van der Waals surface area contributed by atoms with Gasteiger partial charge in [0.2, 0.25) is 5.91 Å². The van der Waals surface area contributed by atoms with Crippen molar-refractivity contribution in [3.63, 3.8) is 0 Å². The van der Waals surface area contributed by atoms with Crippen LogP contribution in [0.1, 0.15) is 51.6 Å². The van der Waals surface area contributed by atoms with Gasteiger partial charge in [0.25, 0.3) is 0 Å². The van der Waals surface area contributed by atoms with Crippen LogP contribution in [-0.2, 0) is 4.79 Å². The number of hydrogen-bond donors (Lipinski definition) is 1. The van der Waals surface area contributed by atoms with Crippen LogP contribution in [0.5, 0.6) is 0 Å². The van der Waals surface area contributed by atoms with Gasteiger partial charge in [-0.25, -0.2) is 0 Å². The molecule has 1 amide bonds. The summed E-state index contributed by atoms with van der Waals surface area (Å²) < 4.78 is 0. The van der Waals surface area contributed by atoms with Crippen LogP contribution in [-0.4, -0.2) is 55.0 Å². The van der Waals surface area contributed by atoms with Gasteiger partial charge in [-0.2, -0.15) is 0 Å². The molecule has 1 N–H and O–H groups in total. The van der Waals surface area contributed by atoms with Gasteiger partial charge in [0.15, 0.2) is 0 Å². The minimum atomic E-state index is -0.189. The van der Waals surface area contributed by atoms with Gasteiger partial charge in [0.05, 0.1) is 0 Å². The van der Waals surface area contributed by atoms with Crippen LogP contribution in [0, 0.1) is 5.92 Å². The van der Waals surface area contributed by atoms with Crippen molar-refractivity contribution in [2.24, 2.45) is 5.92 Å². The second-order valence-electron chi connectivity index (χ2n) is 7.23. The maximum Gasteiger partial charge on any atom is 0.241 e. The highest BCUT2D eigenvalue weighted by atomic mass is 16.2. The fourth-order valence-electron chi connectivity index (χ4n) is 3.85. The molecule has 2 atom stereocenters. The van der Waals surface area contributed by atoms with Gasteiger partial charge in [-0.05, 0) is 56.9 Å². The quantitative estimate of drug-likeness (QED) is 0.698. The number of carbonyl (C=O) groups excluding carboxylic acids is 1. The van der Waals surface area contributed by atoms with Crippen LogP contribution in [0.4, 0.5) is 0 Å². The summed E-state index contributed by atoms with van der Waals surface area (Å²) in [5.74, 6) is 0.940. The number of amides is 1. The molecule has 1 fully saturated rings. The molecule has 4 heteroatoms. The van der Waals surface area contributed by atoms with Crippen molar-refractivity contribution in [1.29, 1.82) is 0 Å². The van der Waals surface area contributed by atoms with Gasteiger partial charge in [-0.3, -0.25) is 9.69 Å². The number of carbonyl (C=O) groups is 1. The van der Waals surface area contributed by atoms with Crippen LogP contribution in [0.2, 0.25) is 0 Å². The molecule has 25 heavy (non-hydrogen) atoms. The SMILES string of the molecule is CCN(CC)C(C(=O)NCCCN1CCCC(C)C1)c1ccccc1. The van der Waals surface area contributed by atoms with Gasteiger partial charge >= 0.3 is 0 Å². The van der Waals surface area contributed by atoms with Gasteiger partial charge in [0, 0.05) is 13.1 Å². The predicted molar refractivity (Wildman–Crippen MR) is 105 cm³/mol. The van der Waals surface area contributed by atoms with Crippen molar-refractivity contribution >= 4 is 5.91 Å². The molecule has 0 radical (unpaired) electrons. The normalized spacial score (nSPS) is 19.8. The van der Waals surface area contributed by atoms with Crippen LogP contribution in [0.15, 0.2) is 30.3 Å². The lowest BCUT2D eigenvalue weighted by atomic mass is 10.0. The molecular formula is C21H35N3O. The number of benzene rings is 1. The number of likely N-dealkylation sites (tertiary alicyclic amines) is 1. The Morgan fingerprint density at radius 1 is 1.28 bits per heavy atom. The lowest BCUT2D eigenvalue weighted by Gasteiger charge is -2.31. The Labute approximate surface area is 153 Å². The number of piperidine rings is 1. The standard InChI is InChI=1S/C21H35N3O/c1-4-24(5-2)20(19-12-7-6-8-13-19)21(25)22-14-10-16-23-15-9-11-18(3)17-23/h6-8,12-13,18,20H,4-5,9-11,14-17H2,1-3H3,(H,22,25). The highest BCUT2D eigenvalue weighted by Gasteiger charge is 2.25. The Bertz CT molecular complexity index is 501. The van der Waals surface area contributed by atoms with Crippen molar-refractivity contribution in [2.45, 2.75) is 46.1 Å². The van der Waals surface area contributed by atoms with Crippen LogP contribution in [0.3, 0.4) is 0 Å². The number of nitrogens with one attached hydrogen (secondary N) is 1. The summed E-state index contributed by atoms with van der Waals surface area (Å²) in [7, 11) is 0. The van der Waals surface area contributed by atoms with Crippen LogP contribution in [0.25, 0.3) is 0 Å². The van der Waals surface area contributed by atoms with E-state index in [-0.39, 0.29) is 11.9 Å². The Balaban J connectivity index is 1.85. The van der Waals surface area contributed by atoms with Crippen LogP contribution < -0.4 is 5.32 Å². The first kappa shape index (κ1) is 19.9. The molecule has 0 bridgehead atoms. The maximum atomic E-state index is 12.8. The molecule has 1 aliphatic heterocycles. The first-order valence-electron chi connectivity index (χ1n) is 9.94. The Morgan fingerprint density at radius 2 is 2.00 bits per heavy atom. The van der Waals surface area contributed by atoms with Gasteiger partial charge in [-0.15, -0.1) is 0 Å². The zero-order valence-electron chi connectivity index (χ0n) is 16.2. The molecule has 0 saturated carbocycles. The van der Waals surface area contributed by atoms with Gasteiger partial charge in [0.1, 0.15) is 6.04 Å². The minimum absolute atomic E-state index is 0.127. The Kier molecular flexibility index (Phi) is 8.42. The molecule has 140 valence electrons. The largest absolute Gasteiger partial charge is 0.354 e. The lowest BCUT2D eigenvalue weighted by molar-refractivity contribution is -0.126. The molecule has 0 aromatic heterocycles. The summed E-state index contributed by atoms with van der Waals surface area (Å²) in [5, 5.41) is 3.17. The van der Waals surface area contributed by atoms with E-state index in [2.05, 4.69) is 48.0 Å². The highest BCUT2D eigenvalue weighted by molar-refractivity contribution is 5.83. The van der Waals surface area contributed by atoms with Crippen LogP contribution >= 0.6 is 0 Å². The first-order valence-corrected chi connectivity index (χ1v) is 9.94. The molecule has 1 aliphatic rings. The van der Waals surface area contributed by atoms with Crippen molar-refractivity contribution in [2.75, 3.05) is 39.3 Å².